The summed E-state index contributed by atoms with van der Waals surface area (Å²) in [5.41, 5.74) is 1.90. The van der Waals surface area contributed by atoms with E-state index in [9.17, 15) is 4.79 Å². The Bertz CT molecular complexity index is 425. The van der Waals surface area contributed by atoms with Gasteiger partial charge in [0.05, 0.1) is 19.3 Å². The standard InChI is InChI=1S/C13H16N2O2/c16-13(9-4-5-9)15-11-3-1-2-10(6-11)14-12-7-17-8-12/h1-3,6,9,12,14H,4-5,7-8H2,(H,15,16). The molecule has 2 fully saturated rings. The Labute approximate surface area is 100 Å². The second-order valence-electron chi connectivity index (χ2n) is 4.72. The molecule has 1 aliphatic heterocycles. The highest BCUT2D eigenvalue weighted by molar-refractivity contribution is 5.94. The number of rotatable bonds is 4. The highest BCUT2D eigenvalue weighted by Gasteiger charge is 2.29. The second kappa shape index (κ2) is 4.37. The fraction of sp³-hybridized carbons (Fsp3) is 0.462. The smallest absolute Gasteiger partial charge is 0.227 e. The molecular formula is C13H16N2O2. The van der Waals surface area contributed by atoms with Gasteiger partial charge < -0.3 is 15.4 Å². The predicted molar refractivity (Wildman–Crippen MR) is 66.0 cm³/mol. The molecule has 0 unspecified atom stereocenters. The molecule has 1 saturated heterocycles. The summed E-state index contributed by atoms with van der Waals surface area (Å²) in [5.74, 6) is 0.390. The predicted octanol–water partition coefficient (Wildman–Crippen LogP) is 1.85. The summed E-state index contributed by atoms with van der Waals surface area (Å²) in [6, 6.07) is 8.25. The third kappa shape index (κ3) is 2.58. The van der Waals surface area contributed by atoms with Gasteiger partial charge in [0.1, 0.15) is 0 Å². The van der Waals surface area contributed by atoms with E-state index < -0.39 is 0 Å². The summed E-state index contributed by atoms with van der Waals surface area (Å²) >= 11 is 0. The van der Waals surface area contributed by atoms with Gasteiger partial charge in [-0.25, -0.2) is 0 Å². The van der Waals surface area contributed by atoms with Gasteiger partial charge in [0.25, 0.3) is 0 Å². The van der Waals surface area contributed by atoms with Gasteiger partial charge in [-0.2, -0.15) is 0 Å². The molecule has 2 aliphatic rings. The molecule has 1 aromatic carbocycles. The third-order valence-electron chi connectivity index (χ3n) is 3.09. The zero-order valence-corrected chi connectivity index (χ0v) is 9.61. The Balaban J connectivity index is 1.62. The van der Waals surface area contributed by atoms with E-state index in [-0.39, 0.29) is 11.8 Å². The number of amides is 1. The molecule has 1 heterocycles. The van der Waals surface area contributed by atoms with Crippen molar-refractivity contribution in [3.8, 4) is 0 Å². The summed E-state index contributed by atoms with van der Waals surface area (Å²) in [6.07, 6.45) is 2.06. The first kappa shape index (κ1) is 10.6. The topological polar surface area (TPSA) is 50.4 Å². The van der Waals surface area contributed by atoms with E-state index in [0.717, 1.165) is 37.4 Å². The molecule has 1 saturated carbocycles. The zero-order valence-electron chi connectivity index (χ0n) is 9.61. The van der Waals surface area contributed by atoms with Crippen molar-refractivity contribution in [3.63, 3.8) is 0 Å². The fourth-order valence-electron chi connectivity index (χ4n) is 1.83. The highest BCUT2D eigenvalue weighted by atomic mass is 16.5. The molecule has 1 aliphatic carbocycles. The van der Waals surface area contributed by atoms with Crippen LogP contribution in [-0.2, 0) is 9.53 Å². The zero-order chi connectivity index (χ0) is 11.7. The number of benzene rings is 1. The van der Waals surface area contributed by atoms with Crippen LogP contribution in [0.15, 0.2) is 24.3 Å². The van der Waals surface area contributed by atoms with Gasteiger partial charge in [-0.05, 0) is 31.0 Å². The van der Waals surface area contributed by atoms with Crippen LogP contribution in [0.2, 0.25) is 0 Å². The van der Waals surface area contributed by atoms with Gasteiger partial charge in [-0.15, -0.1) is 0 Å². The van der Waals surface area contributed by atoms with Crippen molar-refractivity contribution in [3.05, 3.63) is 24.3 Å². The van der Waals surface area contributed by atoms with Crippen molar-refractivity contribution in [1.82, 2.24) is 0 Å². The summed E-state index contributed by atoms with van der Waals surface area (Å²) in [5, 5.41) is 6.30. The quantitative estimate of drug-likeness (QED) is 0.833. The molecular weight excluding hydrogens is 216 g/mol. The van der Waals surface area contributed by atoms with Gasteiger partial charge in [-0.1, -0.05) is 6.07 Å². The fourth-order valence-corrected chi connectivity index (χ4v) is 1.83. The normalized spacial score (nSPS) is 19.5. The lowest BCUT2D eigenvalue weighted by atomic mass is 10.2. The number of carbonyl (C=O) groups excluding carboxylic acids is 1. The van der Waals surface area contributed by atoms with E-state index in [0.29, 0.717) is 6.04 Å². The van der Waals surface area contributed by atoms with Crippen molar-refractivity contribution in [2.75, 3.05) is 23.8 Å². The SMILES string of the molecule is O=C(Nc1cccc(NC2COC2)c1)C1CC1. The number of nitrogens with one attached hydrogen (secondary N) is 2. The van der Waals surface area contributed by atoms with Crippen LogP contribution in [-0.4, -0.2) is 25.2 Å². The molecule has 0 spiro atoms. The molecule has 4 nitrogen and oxygen atoms in total. The van der Waals surface area contributed by atoms with Crippen molar-refractivity contribution >= 4 is 17.3 Å². The maximum atomic E-state index is 11.6. The molecule has 0 radical (unpaired) electrons. The van der Waals surface area contributed by atoms with E-state index in [1.54, 1.807) is 0 Å². The van der Waals surface area contributed by atoms with Crippen LogP contribution < -0.4 is 10.6 Å². The molecule has 3 rings (SSSR count). The van der Waals surface area contributed by atoms with Crippen molar-refractivity contribution in [2.24, 2.45) is 5.92 Å². The average molecular weight is 232 g/mol. The summed E-state index contributed by atoms with van der Waals surface area (Å²) < 4.78 is 5.11. The van der Waals surface area contributed by atoms with Crippen molar-refractivity contribution in [2.45, 2.75) is 18.9 Å². The first-order valence-corrected chi connectivity index (χ1v) is 6.06. The largest absolute Gasteiger partial charge is 0.378 e. The van der Waals surface area contributed by atoms with E-state index in [1.165, 1.54) is 0 Å². The Morgan fingerprint density at radius 3 is 2.65 bits per heavy atom. The Kier molecular flexibility index (Phi) is 2.73. The number of anilines is 2. The lowest BCUT2D eigenvalue weighted by Gasteiger charge is -2.28. The maximum absolute atomic E-state index is 11.6. The van der Waals surface area contributed by atoms with Crippen LogP contribution in [0, 0.1) is 5.92 Å². The lowest BCUT2D eigenvalue weighted by molar-refractivity contribution is -0.117. The third-order valence-corrected chi connectivity index (χ3v) is 3.09. The van der Waals surface area contributed by atoms with Crippen molar-refractivity contribution in [1.29, 1.82) is 0 Å². The number of hydrogen-bond acceptors (Lipinski definition) is 3. The number of hydrogen-bond donors (Lipinski definition) is 2. The first-order valence-electron chi connectivity index (χ1n) is 6.06. The number of ether oxygens (including phenoxy) is 1. The van der Waals surface area contributed by atoms with Gasteiger partial charge in [-0.3, -0.25) is 4.79 Å². The monoisotopic (exact) mass is 232 g/mol. The summed E-state index contributed by atoms with van der Waals surface area (Å²) in [7, 11) is 0. The number of carbonyl (C=O) groups is 1. The minimum Gasteiger partial charge on any atom is -0.378 e. The molecule has 4 heteroatoms. The summed E-state index contributed by atoms with van der Waals surface area (Å²) in [6.45, 7) is 1.53. The van der Waals surface area contributed by atoms with Gasteiger partial charge in [0, 0.05) is 17.3 Å². The van der Waals surface area contributed by atoms with E-state index in [2.05, 4.69) is 10.6 Å². The van der Waals surface area contributed by atoms with Crippen LogP contribution in [0.3, 0.4) is 0 Å². The van der Waals surface area contributed by atoms with Crippen LogP contribution >= 0.6 is 0 Å². The Morgan fingerprint density at radius 2 is 2.00 bits per heavy atom. The van der Waals surface area contributed by atoms with E-state index >= 15 is 0 Å². The highest BCUT2D eigenvalue weighted by Crippen LogP contribution is 2.30. The minimum absolute atomic E-state index is 0.147. The van der Waals surface area contributed by atoms with Gasteiger partial charge in [0.2, 0.25) is 5.91 Å². The Morgan fingerprint density at radius 1 is 1.24 bits per heavy atom. The summed E-state index contributed by atoms with van der Waals surface area (Å²) in [4.78, 5) is 11.6. The first-order chi connectivity index (χ1) is 8.31. The second-order valence-corrected chi connectivity index (χ2v) is 4.72. The molecule has 90 valence electrons. The molecule has 2 N–H and O–H groups in total. The van der Waals surface area contributed by atoms with Crippen LogP contribution in [0.25, 0.3) is 0 Å². The molecule has 1 aromatic rings. The van der Waals surface area contributed by atoms with E-state index in [4.69, 9.17) is 4.74 Å². The molecule has 1 amide bonds. The lowest BCUT2D eigenvalue weighted by Crippen LogP contribution is -2.40. The van der Waals surface area contributed by atoms with Crippen LogP contribution in [0.1, 0.15) is 12.8 Å². The van der Waals surface area contributed by atoms with Crippen LogP contribution in [0.4, 0.5) is 11.4 Å². The van der Waals surface area contributed by atoms with Gasteiger partial charge >= 0.3 is 0 Å². The average Bonchev–Trinajstić information content (AvgIpc) is 3.08. The molecule has 0 aromatic heterocycles. The molecule has 0 bridgehead atoms. The Hall–Kier alpha value is -1.55. The van der Waals surface area contributed by atoms with Crippen LogP contribution in [0.5, 0.6) is 0 Å². The molecule has 17 heavy (non-hydrogen) atoms. The maximum Gasteiger partial charge on any atom is 0.227 e. The minimum atomic E-state index is 0.147. The van der Waals surface area contributed by atoms with E-state index in [1.807, 2.05) is 24.3 Å². The van der Waals surface area contributed by atoms with Gasteiger partial charge in [0.15, 0.2) is 0 Å². The van der Waals surface area contributed by atoms with Crippen molar-refractivity contribution < 1.29 is 9.53 Å². The molecule has 0 atom stereocenters.